The molecular weight excluding hydrogens is 1290 g/mol. The lowest BCUT2D eigenvalue weighted by molar-refractivity contribution is 0.569. The standard InChI is InChI=1S/C102H85BN4/c1-100(2,3)78-57-76(58-79(64-78)101(4,5)6)77-62-96-98-97(63-77)107(99-88(71-38-22-13-23-39-71)65-80(102(7,8)9)66-89(99)72-40-24-14-25-41-72)94-61-73(68-32-16-10-17-33-68)48-54-90(94)103(98)91-55-53-84(67-95(91)106(96)85-59-74(69-34-18-11-19-35-69)56-75(60-85)70-36-20-12-21-37-70)104(81-42-26-15-27-43-81)82-49-51-83(52-50-82)105-92-46-30-28-44-86(92)87-45-29-31-47-93(87)105/h10-67H,1-9H3/i10D,15D,16D,17D,26D,27D,28D,29D,30D,31D,32D,33D,42D,43D,44D,45D,46D,47D. The average Bonchev–Trinajstić information content (AvgIpc) is 1.14. The van der Waals surface area contributed by atoms with Crippen molar-refractivity contribution in [1.29, 1.82) is 0 Å². The molecule has 16 aromatic rings. The molecule has 0 fully saturated rings. The molecule has 0 N–H and O–H groups in total. The Morgan fingerprint density at radius 1 is 0.290 bits per heavy atom. The summed E-state index contributed by atoms with van der Waals surface area (Å²) in [5, 5.41) is -0.237. The topological polar surface area (TPSA) is 14.7 Å². The second-order valence-corrected chi connectivity index (χ2v) is 30.9. The van der Waals surface area contributed by atoms with E-state index in [1.165, 1.54) is 4.57 Å². The third-order valence-electron chi connectivity index (χ3n) is 21.0. The molecule has 0 bridgehead atoms. The van der Waals surface area contributed by atoms with E-state index < -0.39 is 109 Å². The maximum Gasteiger partial charge on any atom is 0.252 e. The molecule has 5 heteroatoms. The fourth-order valence-corrected chi connectivity index (χ4v) is 15.5. The Balaban J connectivity index is 1.01. The molecule has 0 radical (unpaired) electrons. The zero-order valence-electron chi connectivity index (χ0n) is 79.0. The number of benzene rings is 15. The zero-order chi connectivity index (χ0) is 88.5. The van der Waals surface area contributed by atoms with Gasteiger partial charge in [0, 0.05) is 73.1 Å². The Morgan fingerprint density at radius 2 is 0.710 bits per heavy atom. The smallest absolute Gasteiger partial charge is 0.252 e. The van der Waals surface area contributed by atoms with Crippen LogP contribution in [0, 0.1) is 0 Å². The SMILES string of the molecule is [2H]c1c([2H])c([2H])c(-c2ccc3c(c2)N(c2c(-c4ccccc4)cc(C(C)(C)C)cc2-c2ccccc2)c2cc(-c4cc(C(C)(C)C)cc(C(C)(C)C)c4)cc4c2B3c2ccc(N(c3ccc(-n5c6c([2H])c([2H])c([2H])c([2H])c6c6c([2H])c([2H])c([2H])c([2H])c65)cc3)c3c([2H])c([2H])c([2H])c([2H])c3[2H])cc2N4c2cc(-c3ccccc3)cc(-c3ccccc3)c2)c([2H])c1[2H]. The Kier molecular flexibility index (Phi) is 12.1. The summed E-state index contributed by atoms with van der Waals surface area (Å²) in [5.41, 5.74) is 18.3. The van der Waals surface area contributed by atoms with E-state index in [-0.39, 0.29) is 67.3 Å². The van der Waals surface area contributed by atoms with Gasteiger partial charge in [0.2, 0.25) is 0 Å². The van der Waals surface area contributed by atoms with Crippen molar-refractivity contribution in [3.63, 3.8) is 0 Å². The predicted octanol–water partition coefficient (Wildman–Crippen LogP) is 26.2. The molecule has 0 aliphatic carbocycles. The second-order valence-electron chi connectivity index (χ2n) is 30.9. The van der Waals surface area contributed by atoms with E-state index in [9.17, 15) is 16.4 Å². The maximum absolute atomic E-state index is 10.0. The van der Waals surface area contributed by atoms with Crippen molar-refractivity contribution in [2.75, 3.05) is 14.7 Å². The van der Waals surface area contributed by atoms with Crippen LogP contribution < -0.4 is 31.1 Å². The first-order valence-corrected chi connectivity index (χ1v) is 36.3. The summed E-state index contributed by atoms with van der Waals surface area (Å²) in [6, 6.07) is 72.2. The number of rotatable bonds is 12. The van der Waals surface area contributed by atoms with Crippen LogP contribution in [-0.2, 0) is 16.2 Å². The summed E-state index contributed by atoms with van der Waals surface area (Å²) >= 11 is 0. The average molecular weight is 1400 g/mol. The molecule has 107 heavy (non-hydrogen) atoms. The Labute approximate surface area is 656 Å². The minimum atomic E-state index is -0.747. The van der Waals surface area contributed by atoms with Gasteiger partial charge >= 0.3 is 0 Å². The highest BCUT2D eigenvalue weighted by Gasteiger charge is 2.46. The van der Waals surface area contributed by atoms with Crippen LogP contribution in [0.15, 0.2) is 351 Å². The van der Waals surface area contributed by atoms with E-state index in [1.807, 2.05) is 109 Å². The minimum Gasteiger partial charge on any atom is -0.311 e. The number of hydrogen-bond donors (Lipinski definition) is 0. The molecule has 0 unspecified atom stereocenters. The highest BCUT2D eigenvalue weighted by atomic mass is 15.2. The largest absolute Gasteiger partial charge is 0.311 e. The van der Waals surface area contributed by atoms with E-state index in [1.54, 1.807) is 29.2 Å². The summed E-state index contributed by atoms with van der Waals surface area (Å²) in [6.07, 6.45) is 0. The monoisotopic (exact) mass is 1390 g/mol. The van der Waals surface area contributed by atoms with Crippen LogP contribution in [0.25, 0.3) is 94.3 Å². The second kappa shape index (κ2) is 26.3. The summed E-state index contributed by atoms with van der Waals surface area (Å²) in [5.74, 6) is 0. The van der Waals surface area contributed by atoms with Crippen molar-refractivity contribution in [3.8, 4) is 72.4 Å². The molecular formula is C102H85BN4. The molecule has 2 aliphatic rings. The molecule has 0 amide bonds. The van der Waals surface area contributed by atoms with Gasteiger partial charge < -0.3 is 19.3 Å². The Hall–Kier alpha value is -12.4. The van der Waals surface area contributed by atoms with Crippen molar-refractivity contribution in [2.24, 2.45) is 0 Å². The highest BCUT2D eigenvalue weighted by molar-refractivity contribution is 7.00. The number of anilines is 9. The maximum atomic E-state index is 10.0. The van der Waals surface area contributed by atoms with Gasteiger partial charge in [-0.3, -0.25) is 0 Å². The molecule has 18 rings (SSSR count). The lowest BCUT2D eigenvalue weighted by Gasteiger charge is -2.46. The van der Waals surface area contributed by atoms with Crippen LogP contribution in [-0.4, -0.2) is 11.3 Å². The Bertz CT molecular complexity index is 6920. The van der Waals surface area contributed by atoms with Gasteiger partial charge in [-0.2, -0.15) is 0 Å². The molecule has 0 saturated heterocycles. The van der Waals surface area contributed by atoms with Gasteiger partial charge in [-0.1, -0.05) is 305 Å². The zero-order valence-corrected chi connectivity index (χ0v) is 61.0. The van der Waals surface area contributed by atoms with E-state index in [2.05, 4.69) is 181 Å². The molecule has 3 heterocycles. The summed E-state index contributed by atoms with van der Waals surface area (Å²) < 4.78 is 169. The molecule has 1 aromatic heterocycles. The first-order valence-electron chi connectivity index (χ1n) is 45.3. The van der Waals surface area contributed by atoms with Gasteiger partial charge in [-0.05, 0) is 214 Å². The number of aromatic nitrogens is 1. The van der Waals surface area contributed by atoms with Crippen molar-refractivity contribution < 1.29 is 24.7 Å². The molecule has 516 valence electrons. The summed E-state index contributed by atoms with van der Waals surface area (Å²) in [7, 11) is 0. The number of para-hydroxylation sites is 3. The van der Waals surface area contributed by atoms with Crippen LogP contribution in [0.2, 0.25) is 0 Å². The van der Waals surface area contributed by atoms with Crippen LogP contribution in [0.5, 0.6) is 0 Å². The summed E-state index contributed by atoms with van der Waals surface area (Å²) in [6.45, 7) is 19.2. The van der Waals surface area contributed by atoms with Gasteiger partial charge in [0.15, 0.2) is 0 Å². The van der Waals surface area contributed by atoms with E-state index in [4.69, 9.17) is 8.22 Å². The highest BCUT2D eigenvalue weighted by Crippen LogP contribution is 2.54. The van der Waals surface area contributed by atoms with Crippen molar-refractivity contribution >= 4 is 96.1 Å². The molecule has 15 aromatic carbocycles. The van der Waals surface area contributed by atoms with Gasteiger partial charge in [0.05, 0.1) is 41.4 Å². The van der Waals surface area contributed by atoms with Crippen LogP contribution >= 0.6 is 0 Å². The third-order valence-corrected chi connectivity index (χ3v) is 21.0. The van der Waals surface area contributed by atoms with Gasteiger partial charge in [0.1, 0.15) is 0 Å². The van der Waals surface area contributed by atoms with Gasteiger partial charge in [-0.15, -0.1) is 0 Å². The lowest BCUT2D eigenvalue weighted by atomic mass is 9.33. The van der Waals surface area contributed by atoms with Crippen LogP contribution in [0.1, 0.15) is 104 Å². The van der Waals surface area contributed by atoms with Gasteiger partial charge in [0.25, 0.3) is 6.71 Å². The predicted molar refractivity (Wildman–Crippen MR) is 458 cm³/mol. The first kappa shape index (κ1) is 49.3. The van der Waals surface area contributed by atoms with E-state index in [0.717, 1.165) is 106 Å². The molecule has 4 nitrogen and oxygen atoms in total. The van der Waals surface area contributed by atoms with E-state index in [0.29, 0.717) is 28.3 Å². The molecule has 0 spiro atoms. The third kappa shape index (κ3) is 12.0. The quantitative estimate of drug-likeness (QED) is 0.113. The fourth-order valence-electron chi connectivity index (χ4n) is 15.5. The van der Waals surface area contributed by atoms with Crippen LogP contribution in [0.4, 0.5) is 51.2 Å². The van der Waals surface area contributed by atoms with Crippen molar-refractivity contribution in [2.45, 2.75) is 78.6 Å². The Morgan fingerprint density at radius 3 is 1.23 bits per heavy atom. The van der Waals surface area contributed by atoms with Crippen molar-refractivity contribution in [1.82, 2.24) is 4.57 Å². The summed E-state index contributed by atoms with van der Waals surface area (Å²) in [4.78, 5) is 6.24. The number of hydrogen-bond acceptors (Lipinski definition) is 3. The van der Waals surface area contributed by atoms with Crippen LogP contribution in [0.3, 0.4) is 0 Å². The molecule has 2 aliphatic heterocycles. The normalized spacial score (nSPS) is 15.0. The molecule has 0 saturated carbocycles. The van der Waals surface area contributed by atoms with E-state index >= 15 is 0 Å². The first-order chi connectivity index (χ1) is 59.4. The molecule has 0 atom stereocenters. The minimum absolute atomic E-state index is 0.00583. The number of fused-ring (bicyclic) bond motifs is 7. The lowest BCUT2D eigenvalue weighted by Crippen LogP contribution is -2.61. The van der Waals surface area contributed by atoms with Gasteiger partial charge in [-0.25, -0.2) is 0 Å². The van der Waals surface area contributed by atoms with Crippen molar-refractivity contribution in [3.05, 3.63) is 368 Å². The fraction of sp³-hybridized carbons (Fsp3) is 0.118. The number of nitrogens with zero attached hydrogens (tertiary/aromatic N) is 4.